The fraction of sp³-hybridized carbons (Fsp3) is 0.692. The predicted octanol–water partition coefficient (Wildman–Crippen LogP) is -0.423. The molecule has 0 aromatic rings. The zero-order chi connectivity index (χ0) is 17.3. The van der Waals surface area contributed by atoms with Crippen molar-refractivity contribution in [3.05, 3.63) is 0 Å². The summed E-state index contributed by atoms with van der Waals surface area (Å²) in [4.78, 5) is 45.5. The van der Waals surface area contributed by atoms with E-state index in [1.54, 1.807) is 6.26 Å². The minimum atomic E-state index is -1.14. The Balaban J connectivity index is 4.59. The average Bonchev–Trinajstić information content (AvgIpc) is 2.43. The lowest BCUT2D eigenvalue weighted by atomic mass is 9.97. The van der Waals surface area contributed by atoms with Gasteiger partial charge in [-0.1, -0.05) is 6.92 Å². The third-order valence-corrected chi connectivity index (χ3v) is 3.69. The number of thioether (sulfide) groups is 1. The van der Waals surface area contributed by atoms with Gasteiger partial charge in [-0.3, -0.25) is 14.4 Å². The van der Waals surface area contributed by atoms with Crippen molar-refractivity contribution in [3.63, 3.8) is 0 Å². The largest absolute Gasteiger partial charge is 0.481 e. The Morgan fingerprint density at radius 1 is 1.09 bits per heavy atom. The van der Waals surface area contributed by atoms with E-state index in [1.165, 1.54) is 25.7 Å². The third kappa shape index (κ3) is 7.41. The highest BCUT2D eigenvalue weighted by molar-refractivity contribution is 7.98. The first kappa shape index (κ1) is 20.4. The first-order valence-corrected chi connectivity index (χ1v) is 8.06. The van der Waals surface area contributed by atoms with E-state index in [0.29, 0.717) is 0 Å². The maximum absolute atomic E-state index is 11.9. The summed E-state index contributed by atoms with van der Waals surface area (Å²) in [5, 5.41) is 22.6. The number of carbonyl (C=O) groups is 4. The van der Waals surface area contributed by atoms with Crippen molar-refractivity contribution in [2.75, 3.05) is 19.1 Å². The molecule has 0 aliphatic carbocycles. The summed E-state index contributed by atoms with van der Waals surface area (Å²) in [6.45, 7) is 1.50. The first-order chi connectivity index (χ1) is 10.2. The lowest BCUT2D eigenvalue weighted by Crippen LogP contribution is -2.46. The summed E-state index contributed by atoms with van der Waals surface area (Å²) in [6, 6.07) is -1.88. The number of amides is 1. The molecule has 4 N–H and O–H groups in total. The van der Waals surface area contributed by atoms with Gasteiger partial charge in [-0.2, -0.15) is 11.8 Å². The molecule has 0 aliphatic rings. The van der Waals surface area contributed by atoms with Gasteiger partial charge in [-0.15, -0.1) is 0 Å². The predicted molar refractivity (Wildman–Crippen MR) is 81.8 cm³/mol. The molecule has 8 nitrogen and oxygen atoms in total. The summed E-state index contributed by atoms with van der Waals surface area (Å²) >= 11 is 1.28. The molecular weight excluding hydrogens is 312 g/mol. The number of Topliss-reactive ketones (excluding diaryl/α,β-unsaturated/α-hetero) is 1. The second kappa shape index (κ2) is 10.2. The van der Waals surface area contributed by atoms with Crippen LogP contribution in [0, 0.1) is 5.92 Å². The molecule has 0 fully saturated rings. The molecule has 1 amide bonds. The van der Waals surface area contributed by atoms with Crippen molar-refractivity contribution in [2.45, 2.75) is 31.8 Å². The molecular formula is C13H22N2O6S. The monoisotopic (exact) mass is 334 g/mol. The van der Waals surface area contributed by atoms with Crippen molar-refractivity contribution < 1.29 is 29.4 Å². The summed E-state index contributed by atoms with van der Waals surface area (Å²) < 4.78 is 0. The van der Waals surface area contributed by atoms with Gasteiger partial charge in [0.15, 0.2) is 5.78 Å². The quantitative estimate of drug-likeness (QED) is 0.400. The second-order valence-corrected chi connectivity index (χ2v) is 5.78. The summed E-state index contributed by atoms with van der Waals surface area (Å²) in [5.74, 6) is -3.71. The molecule has 0 aliphatic heterocycles. The van der Waals surface area contributed by atoms with Crippen LogP contribution in [-0.2, 0) is 19.2 Å². The van der Waals surface area contributed by atoms with Gasteiger partial charge in [-0.05, 0) is 13.3 Å². The number of nitrogens with one attached hydrogen (secondary N) is 2. The Kier molecular flexibility index (Phi) is 9.43. The molecule has 0 bridgehead atoms. The molecule has 0 rings (SSSR count). The van der Waals surface area contributed by atoms with Crippen LogP contribution in [0.4, 0.5) is 0 Å². The number of aliphatic carboxylic acids is 2. The van der Waals surface area contributed by atoms with E-state index < -0.39 is 41.6 Å². The van der Waals surface area contributed by atoms with Crippen LogP contribution in [0.5, 0.6) is 0 Å². The van der Waals surface area contributed by atoms with Crippen LogP contribution < -0.4 is 10.6 Å². The van der Waals surface area contributed by atoms with Crippen molar-refractivity contribution in [1.82, 2.24) is 10.6 Å². The number of hydrogen-bond acceptors (Lipinski definition) is 6. The van der Waals surface area contributed by atoms with Crippen LogP contribution in [0.3, 0.4) is 0 Å². The number of carboxylic acids is 2. The molecule has 1 unspecified atom stereocenters. The standard InChI is InChI=1S/C13H22N2O6S/c1-7(4-10(16)8(14-2)5-11(17)18)12(19)15-9(6-22-3)13(20)21/h7-9,14H,4-6H2,1-3H3,(H,15,19)(H,17,18)(H,20,21)/t7?,8-,9-/m1/s1. The fourth-order valence-electron chi connectivity index (χ4n) is 1.74. The SMILES string of the molecule is CN[C@H](CC(=O)O)C(=O)CC(C)C(=O)N[C@H](CSC)C(=O)O. The lowest BCUT2D eigenvalue weighted by Gasteiger charge is -2.18. The summed E-state index contributed by atoms with van der Waals surface area (Å²) in [5.41, 5.74) is 0. The van der Waals surface area contributed by atoms with E-state index in [-0.39, 0.29) is 18.6 Å². The minimum Gasteiger partial charge on any atom is -0.481 e. The van der Waals surface area contributed by atoms with E-state index in [1.807, 2.05) is 0 Å². The van der Waals surface area contributed by atoms with Gasteiger partial charge >= 0.3 is 11.9 Å². The highest BCUT2D eigenvalue weighted by atomic mass is 32.2. The van der Waals surface area contributed by atoms with Crippen LogP contribution in [0.25, 0.3) is 0 Å². The fourth-order valence-corrected chi connectivity index (χ4v) is 2.30. The molecule has 9 heteroatoms. The molecule has 0 saturated carbocycles. The van der Waals surface area contributed by atoms with Gasteiger partial charge < -0.3 is 20.8 Å². The van der Waals surface area contributed by atoms with Crippen LogP contribution >= 0.6 is 11.8 Å². The van der Waals surface area contributed by atoms with Crippen LogP contribution in [0.15, 0.2) is 0 Å². The number of carbonyl (C=O) groups excluding carboxylic acids is 2. The number of carboxylic acid groups (broad SMARTS) is 2. The highest BCUT2D eigenvalue weighted by Gasteiger charge is 2.27. The topological polar surface area (TPSA) is 133 Å². The van der Waals surface area contributed by atoms with E-state index in [4.69, 9.17) is 10.2 Å². The average molecular weight is 334 g/mol. The van der Waals surface area contributed by atoms with Gasteiger partial charge in [0.1, 0.15) is 6.04 Å². The van der Waals surface area contributed by atoms with Crippen LogP contribution in [0.1, 0.15) is 19.8 Å². The zero-order valence-corrected chi connectivity index (χ0v) is 13.6. The number of rotatable bonds is 11. The van der Waals surface area contributed by atoms with Crippen molar-refractivity contribution in [2.24, 2.45) is 5.92 Å². The van der Waals surface area contributed by atoms with Crippen LogP contribution in [-0.4, -0.2) is 65.0 Å². The molecule has 0 aromatic heterocycles. The van der Waals surface area contributed by atoms with Crippen molar-refractivity contribution in [1.29, 1.82) is 0 Å². The number of hydrogen-bond donors (Lipinski definition) is 4. The molecule has 0 heterocycles. The Morgan fingerprint density at radius 3 is 2.09 bits per heavy atom. The Bertz CT molecular complexity index is 429. The van der Waals surface area contributed by atoms with E-state index in [0.717, 1.165) is 0 Å². The van der Waals surface area contributed by atoms with Crippen molar-refractivity contribution in [3.8, 4) is 0 Å². The normalized spacial score (nSPS) is 14.7. The van der Waals surface area contributed by atoms with Gasteiger partial charge in [0.2, 0.25) is 5.91 Å². The Labute approximate surface area is 133 Å². The lowest BCUT2D eigenvalue weighted by molar-refractivity contribution is -0.142. The molecule has 0 aromatic carbocycles. The second-order valence-electron chi connectivity index (χ2n) is 4.87. The molecule has 0 radical (unpaired) electrons. The maximum atomic E-state index is 11.9. The smallest absolute Gasteiger partial charge is 0.327 e. The number of likely N-dealkylation sites (N-methyl/N-ethyl adjacent to an activating group) is 1. The van der Waals surface area contributed by atoms with Gasteiger partial charge in [-0.25, -0.2) is 4.79 Å². The van der Waals surface area contributed by atoms with Crippen LogP contribution in [0.2, 0.25) is 0 Å². The molecule has 126 valence electrons. The summed E-state index contributed by atoms with van der Waals surface area (Å²) in [7, 11) is 1.47. The van der Waals surface area contributed by atoms with E-state index >= 15 is 0 Å². The van der Waals surface area contributed by atoms with Gasteiger partial charge in [0.05, 0.1) is 12.5 Å². The molecule has 0 spiro atoms. The van der Waals surface area contributed by atoms with Gasteiger partial charge in [0.25, 0.3) is 0 Å². The third-order valence-electron chi connectivity index (χ3n) is 3.02. The zero-order valence-electron chi connectivity index (χ0n) is 12.8. The highest BCUT2D eigenvalue weighted by Crippen LogP contribution is 2.09. The van der Waals surface area contributed by atoms with Gasteiger partial charge in [0, 0.05) is 18.1 Å². The minimum absolute atomic E-state index is 0.157. The van der Waals surface area contributed by atoms with E-state index in [9.17, 15) is 19.2 Å². The Hall–Kier alpha value is -1.61. The first-order valence-electron chi connectivity index (χ1n) is 6.66. The summed E-state index contributed by atoms with van der Waals surface area (Å²) in [6.07, 6.45) is 1.20. The maximum Gasteiger partial charge on any atom is 0.327 e. The molecule has 0 saturated heterocycles. The Morgan fingerprint density at radius 2 is 1.68 bits per heavy atom. The van der Waals surface area contributed by atoms with E-state index in [2.05, 4.69) is 10.6 Å². The van der Waals surface area contributed by atoms with Crippen molar-refractivity contribution >= 4 is 35.4 Å². The molecule has 22 heavy (non-hydrogen) atoms. The molecule has 3 atom stereocenters. The number of ketones is 1.